The van der Waals surface area contributed by atoms with Gasteiger partial charge in [0.15, 0.2) is 0 Å². The first-order valence-electron chi connectivity index (χ1n) is 10.7. The number of anilines is 2. The minimum Gasteiger partial charge on any atom is -0.317 e. The Kier molecular flexibility index (Phi) is 4.75. The van der Waals surface area contributed by atoms with Crippen LogP contribution in [0.15, 0.2) is 76.7 Å². The van der Waals surface area contributed by atoms with Crippen LogP contribution in [-0.4, -0.2) is 16.0 Å². The summed E-state index contributed by atoms with van der Waals surface area (Å²) in [5.41, 5.74) is 3.38. The van der Waals surface area contributed by atoms with Gasteiger partial charge in [-0.25, -0.2) is 0 Å². The standard InChI is InChI=1S/C25H18ClN5O2S/c1-14-6-8-15(9-7-14)13-34-24-28-22(32)21-17-4-2-3-5-19(17)29-25(31(21)30-24)18-12-16(26)10-11-20(18)27-23(25)33/h2-12H,13H2,1H3,(H2,27,28,30,32,33)/p+1/t25-/m0/s1. The van der Waals surface area contributed by atoms with Gasteiger partial charge < -0.3 is 10.6 Å². The molecule has 3 N–H and O–H groups in total. The molecule has 1 spiro atoms. The number of benzene rings is 3. The van der Waals surface area contributed by atoms with Gasteiger partial charge in [-0.1, -0.05) is 65.3 Å². The van der Waals surface area contributed by atoms with Gasteiger partial charge in [0.2, 0.25) is 5.16 Å². The van der Waals surface area contributed by atoms with E-state index in [0.29, 0.717) is 44.1 Å². The smallest absolute Gasteiger partial charge is 0.317 e. The highest BCUT2D eigenvalue weighted by Crippen LogP contribution is 2.42. The van der Waals surface area contributed by atoms with Crippen LogP contribution < -0.4 is 20.9 Å². The second-order valence-corrected chi connectivity index (χ2v) is 9.72. The first-order chi connectivity index (χ1) is 16.5. The van der Waals surface area contributed by atoms with Crippen LogP contribution in [0.2, 0.25) is 5.02 Å². The number of rotatable bonds is 3. The molecule has 2 aliphatic heterocycles. The fourth-order valence-corrected chi connectivity index (χ4v) is 5.41. The molecular weight excluding hydrogens is 470 g/mol. The second-order valence-electron chi connectivity index (χ2n) is 8.32. The Balaban J connectivity index is 1.54. The average molecular weight is 489 g/mol. The lowest BCUT2D eigenvalue weighted by molar-refractivity contribution is -0.781. The van der Waals surface area contributed by atoms with Crippen LogP contribution in [0, 0.1) is 6.92 Å². The number of para-hydroxylation sites is 1. The van der Waals surface area contributed by atoms with Crippen molar-refractivity contribution in [3.63, 3.8) is 0 Å². The van der Waals surface area contributed by atoms with Crippen LogP contribution in [0.5, 0.6) is 0 Å². The molecule has 4 aromatic rings. The summed E-state index contributed by atoms with van der Waals surface area (Å²) in [5.74, 6) is 0.284. The van der Waals surface area contributed by atoms with E-state index in [1.807, 2.05) is 55.5 Å². The number of aryl methyl sites for hydroxylation is 1. The zero-order valence-electron chi connectivity index (χ0n) is 18.1. The number of hydrogen-bond donors (Lipinski definition) is 3. The lowest BCUT2D eigenvalue weighted by Crippen LogP contribution is -2.71. The Morgan fingerprint density at radius 1 is 1.03 bits per heavy atom. The second kappa shape index (κ2) is 7.72. The SMILES string of the molecule is Cc1ccc(CSc2n[n+]3c(c(=O)[nH]2)-c2ccccc2N[C@]32C(=O)Nc3ccc(Cl)cc32)cc1. The number of aromatic nitrogens is 3. The van der Waals surface area contributed by atoms with Gasteiger partial charge in [-0.2, -0.15) is 0 Å². The molecule has 1 aromatic heterocycles. The quantitative estimate of drug-likeness (QED) is 0.299. The molecule has 0 bridgehead atoms. The van der Waals surface area contributed by atoms with Crippen LogP contribution in [0.25, 0.3) is 11.3 Å². The van der Waals surface area contributed by atoms with Gasteiger partial charge in [-0.3, -0.25) is 14.6 Å². The summed E-state index contributed by atoms with van der Waals surface area (Å²) < 4.78 is 1.50. The molecule has 0 radical (unpaired) electrons. The van der Waals surface area contributed by atoms with Crippen molar-refractivity contribution in [1.29, 1.82) is 0 Å². The monoisotopic (exact) mass is 488 g/mol. The van der Waals surface area contributed by atoms with Crippen molar-refractivity contribution in [2.75, 3.05) is 10.6 Å². The molecular formula is C25H19ClN5O2S+. The van der Waals surface area contributed by atoms with Gasteiger partial charge >= 0.3 is 22.8 Å². The molecule has 0 saturated heterocycles. The molecule has 1 amide bonds. The van der Waals surface area contributed by atoms with Gasteiger partial charge in [0.1, 0.15) is 0 Å². The van der Waals surface area contributed by atoms with Crippen LogP contribution in [0.4, 0.5) is 11.4 Å². The van der Waals surface area contributed by atoms with Gasteiger partial charge in [0.25, 0.3) is 0 Å². The Bertz CT molecular complexity index is 1540. The third-order valence-corrected chi connectivity index (χ3v) is 7.27. The minimum atomic E-state index is -1.45. The molecule has 0 unspecified atom stereocenters. The van der Waals surface area contributed by atoms with Crippen LogP contribution >= 0.6 is 23.4 Å². The third kappa shape index (κ3) is 3.13. The summed E-state index contributed by atoms with van der Waals surface area (Å²) in [6, 6.07) is 20.8. The van der Waals surface area contributed by atoms with Gasteiger partial charge in [-0.05, 0) is 47.5 Å². The molecule has 9 heteroatoms. The average Bonchev–Trinajstić information content (AvgIpc) is 3.10. The highest BCUT2D eigenvalue weighted by molar-refractivity contribution is 7.98. The highest BCUT2D eigenvalue weighted by atomic mass is 35.5. The number of fused-ring (bicyclic) bond motifs is 6. The van der Waals surface area contributed by atoms with Crippen LogP contribution in [0.1, 0.15) is 16.7 Å². The molecule has 168 valence electrons. The number of halogens is 1. The molecule has 0 aliphatic carbocycles. The van der Waals surface area contributed by atoms with E-state index in [1.165, 1.54) is 22.0 Å². The molecule has 0 fully saturated rings. The molecule has 3 heterocycles. The Morgan fingerprint density at radius 3 is 2.65 bits per heavy atom. The molecule has 7 nitrogen and oxygen atoms in total. The summed E-state index contributed by atoms with van der Waals surface area (Å²) >= 11 is 7.73. The highest BCUT2D eigenvalue weighted by Gasteiger charge is 2.62. The number of thioether (sulfide) groups is 1. The summed E-state index contributed by atoms with van der Waals surface area (Å²) in [7, 11) is 0. The van der Waals surface area contributed by atoms with E-state index in [1.54, 1.807) is 18.2 Å². The molecule has 0 saturated carbocycles. The largest absolute Gasteiger partial charge is 0.374 e. The number of nitrogens with one attached hydrogen (secondary N) is 3. The molecule has 2 aliphatic rings. The molecule has 1 atom stereocenters. The lowest BCUT2D eigenvalue weighted by atomic mass is 9.95. The maximum atomic E-state index is 13.5. The number of carbonyl (C=O) groups is 1. The van der Waals surface area contributed by atoms with Crippen molar-refractivity contribution < 1.29 is 9.48 Å². The van der Waals surface area contributed by atoms with Crippen molar-refractivity contribution >= 4 is 40.6 Å². The van der Waals surface area contributed by atoms with E-state index >= 15 is 0 Å². The summed E-state index contributed by atoms with van der Waals surface area (Å²) in [5, 5.41) is 12.0. The first-order valence-corrected chi connectivity index (χ1v) is 12.1. The van der Waals surface area contributed by atoms with Crippen molar-refractivity contribution in [2.45, 2.75) is 23.5 Å². The van der Waals surface area contributed by atoms with Crippen LogP contribution in [0.3, 0.4) is 0 Å². The van der Waals surface area contributed by atoms with E-state index < -0.39 is 5.66 Å². The van der Waals surface area contributed by atoms with Gasteiger partial charge in [0, 0.05) is 15.9 Å². The fraction of sp³-hybridized carbons (Fsp3) is 0.120. The van der Waals surface area contributed by atoms with E-state index in [0.717, 1.165) is 5.56 Å². The van der Waals surface area contributed by atoms with Gasteiger partial charge in [-0.15, -0.1) is 0 Å². The molecule has 6 rings (SSSR count). The van der Waals surface area contributed by atoms with Crippen LogP contribution in [-0.2, 0) is 16.2 Å². The Labute approximate surface area is 204 Å². The van der Waals surface area contributed by atoms with E-state index in [2.05, 4.69) is 15.6 Å². The van der Waals surface area contributed by atoms with Crippen molar-refractivity contribution in [3.8, 4) is 11.3 Å². The summed E-state index contributed by atoms with van der Waals surface area (Å²) in [6.45, 7) is 2.04. The molecule has 3 aromatic carbocycles. The number of hydrogen-bond acceptors (Lipinski definition) is 5. The van der Waals surface area contributed by atoms with Crippen molar-refractivity contribution in [3.05, 3.63) is 98.8 Å². The van der Waals surface area contributed by atoms with Gasteiger partial charge in [0.05, 0.1) is 22.5 Å². The third-order valence-electron chi connectivity index (χ3n) is 6.10. The number of nitrogens with zero attached hydrogens (tertiary/aromatic N) is 2. The zero-order chi connectivity index (χ0) is 23.4. The topological polar surface area (TPSA) is 90.8 Å². The first kappa shape index (κ1) is 20.9. The Morgan fingerprint density at radius 2 is 1.82 bits per heavy atom. The lowest BCUT2D eigenvalue weighted by Gasteiger charge is -2.28. The maximum absolute atomic E-state index is 13.5. The number of aromatic amines is 1. The normalized spacial score (nSPS) is 17.5. The van der Waals surface area contributed by atoms with E-state index in [4.69, 9.17) is 16.7 Å². The number of H-pyrrole nitrogens is 1. The number of amides is 1. The number of carbonyl (C=O) groups excluding carboxylic acids is 1. The fourth-order valence-electron chi connectivity index (χ4n) is 4.44. The zero-order valence-corrected chi connectivity index (χ0v) is 19.6. The maximum Gasteiger partial charge on any atom is 0.374 e. The predicted octanol–water partition coefficient (Wildman–Crippen LogP) is 4.06. The predicted molar refractivity (Wildman–Crippen MR) is 132 cm³/mol. The van der Waals surface area contributed by atoms with Crippen molar-refractivity contribution in [1.82, 2.24) is 10.1 Å². The minimum absolute atomic E-state index is 0.303. The van der Waals surface area contributed by atoms with E-state index in [-0.39, 0.29) is 11.5 Å². The summed E-state index contributed by atoms with van der Waals surface area (Å²) in [6.07, 6.45) is 0. The molecule has 34 heavy (non-hydrogen) atoms. The van der Waals surface area contributed by atoms with E-state index in [9.17, 15) is 9.59 Å². The van der Waals surface area contributed by atoms with Crippen molar-refractivity contribution in [2.24, 2.45) is 0 Å². The Hall–Kier alpha value is -3.62. The summed E-state index contributed by atoms with van der Waals surface area (Å²) in [4.78, 5) is 29.8.